The smallest absolute Gasteiger partial charge is 0.261 e. The van der Waals surface area contributed by atoms with Crippen LogP contribution in [0.1, 0.15) is 32.6 Å². The van der Waals surface area contributed by atoms with Crippen molar-refractivity contribution in [3.8, 4) is 0 Å². The van der Waals surface area contributed by atoms with Gasteiger partial charge in [0.05, 0.1) is 10.6 Å². The van der Waals surface area contributed by atoms with Crippen molar-refractivity contribution >= 4 is 45.0 Å². The van der Waals surface area contributed by atoms with E-state index in [1.807, 2.05) is 24.3 Å². The summed E-state index contributed by atoms with van der Waals surface area (Å²) in [6.07, 6.45) is 2.66. The second-order valence-corrected chi connectivity index (χ2v) is 11.9. The van der Waals surface area contributed by atoms with Crippen LogP contribution in [0.2, 0.25) is 0 Å². The number of fused-ring (bicyclic) bond motifs is 3. The van der Waals surface area contributed by atoms with Gasteiger partial charge >= 0.3 is 0 Å². The number of rotatable bonds is 4. The molecule has 0 aliphatic carbocycles. The van der Waals surface area contributed by atoms with Crippen molar-refractivity contribution in [2.45, 2.75) is 47.3 Å². The van der Waals surface area contributed by atoms with E-state index < -0.39 is 14.9 Å². The maximum Gasteiger partial charge on any atom is 0.261 e. The fourth-order valence-corrected chi connectivity index (χ4v) is 7.76. The standard InChI is InChI=1S/C23H25N3O4S2/c1-16-5-4-14-25(15-16)32(29,30)18-10-8-17(9-11-18)24-22(28)23-13-12-21(27)26(23)19-6-2-3-7-20(19)31-23/h2-3,6-11,16H,4-5,12-15H2,1H3,(H,24,28). The van der Waals surface area contributed by atoms with Crippen LogP contribution in [-0.4, -0.2) is 42.5 Å². The molecule has 0 radical (unpaired) electrons. The molecule has 2 atom stereocenters. The number of amides is 2. The van der Waals surface area contributed by atoms with E-state index in [2.05, 4.69) is 12.2 Å². The van der Waals surface area contributed by atoms with Gasteiger partial charge in [-0.1, -0.05) is 30.8 Å². The third kappa shape index (κ3) is 3.43. The quantitative estimate of drug-likeness (QED) is 0.735. The zero-order valence-electron chi connectivity index (χ0n) is 17.8. The van der Waals surface area contributed by atoms with E-state index in [9.17, 15) is 18.0 Å². The Morgan fingerprint density at radius 2 is 1.91 bits per heavy atom. The van der Waals surface area contributed by atoms with Crippen molar-refractivity contribution in [2.24, 2.45) is 5.92 Å². The Hall–Kier alpha value is -2.36. The second-order valence-electron chi connectivity index (χ2n) is 8.67. The molecule has 2 fully saturated rings. The molecular weight excluding hydrogens is 446 g/mol. The SMILES string of the molecule is CC1CCCN(S(=O)(=O)c2ccc(NC(=O)C34CCC(=O)N3c3ccccc3S4)cc2)C1. The third-order valence-electron chi connectivity index (χ3n) is 6.40. The number of thioether (sulfide) groups is 1. The topological polar surface area (TPSA) is 86.8 Å². The summed E-state index contributed by atoms with van der Waals surface area (Å²) in [5.41, 5.74) is 1.28. The molecule has 2 aromatic rings. The van der Waals surface area contributed by atoms with Crippen LogP contribution in [0.25, 0.3) is 0 Å². The molecule has 32 heavy (non-hydrogen) atoms. The van der Waals surface area contributed by atoms with Crippen LogP contribution in [-0.2, 0) is 19.6 Å². The molecule has 2 saturated heterocycles. The van der Waals surface area contributed by atoms with Crippen LogP contribution >= 0.6 is 11.8 Å². The Balaban J connectivity index is 1.35. The maximum atomic E-state index is 13.3. The summed E-state index contributed by atoms with van der Waals surface area (Å²) in [7, 11) is -3.55. The predicted octanol–water partition coefficient (Wildman–Crippen LogP) is 3.67. The van der Waals surface area contributed by atoms with E-state index in [0.29, 0.717) is 37.5 Å². The number of carbonyl (C=O) groups is 2. The van der Waals surface area contributed by atoms with E-state index in [-0.39, 0.29) is 16.7 Å². The number of anilines is 2. The van der Waals surface area contributed by atoms with Gasteiger partial charge in [0, 0.05) is 30.1 Å². The molecular formula is C23H25N3O4S2. The third-order valence-corrected chi connectivity index (χ3v) is 9.75. The van der Waals surface area contributed by atoms with E-state index in [1.54, 1.807) is 21.3 Å². The molecule has 0 aromatic heterocycles. The zero-order valence-corrected chi connectivity index (χ0v) is 19.4. The van der Waals surface area contributed by atoms with E-state index in [0.717, 1.165) is 23.4 Å². The predicted molar refractivity (Wildman–Crippen MR) is 124 cm³/mol. The fraction of sp³-hybridized carbons (Fsp3) is 0.391. The number of para-hydroxylation sites is 1. The Morgan fingerprint density at radius 3 is 2.66 bits per heavy atom. The Bertz CT molecular complexity index is 1180. The summed E-state index contributed by atoms with van der Waals surface area (Å²) in [5, 5.41) is 2.90. The molecule has 3 heterocycles. The van der Waals surface area contributed by atoms with Crippen LogP contribution in [0, 0.1) is 5.92 Å². The molecule has 2 aromatic carbocycles. The number of hydrogen-bond donors (Lipinski definition) is 1. The first-order valence-electron chi connectivity index (χ1n) is 10.8. The number of piperidine rings is 1. The molecule has 0 bridgehead atoms. The number of carbonyl (C=O) groups excluding carboxylic acids is 2. The van der Waals surface area contributed by atoms with Gasteiger partial charge in [-0.2, -0.15) is 4.31 Å². The van der Waals surface area contributed by atoms with Crippen molar-refractivity contribution < 1.29 is 18.0 Å². The zero-order chi connectivity index (χ0) is 22.5. The van der Waals surface area contributed by atoms with Gasteiger partial charge in [-0.15, -0.1) is 0 Å². The largest absolute Gasteiger partial charge is 0.323 e. The summed E-state index contributed by atoms with van der Waals surface area (Å²) < 4.78 is 27.5. The number of benzene rings is 2. The minimum atomic E-state index is -3.55. The molecule has 3 aliphatic rings. The fourth-order valence-electron chi connectivity index (χ4n) is 4.75. The maximum absolute atomic E-state index is 13.3. The lowest BCUT2D eigenvalue weighted by molar-refractivity contribution is -0.121. The van der Waals surface area contributed by atoms with Gasteiger partial charge in [0.15, 0.2) is 4.87 Å². The average molecular weight is 472 g/mol. The first kappa shape index (κ1) is 21.5. The summed E-state index contributed by atoms with van der Waals surface area (Å²) in [6, 6.07) is 13.8. The van der Waals surface area contributed by atoms with E-state index >= 15 is 0 Å². The highest BCUT2D eigenvalue weighted by atomic mass is 32.2. The molecule has 9 heteroatoms. The minimum Gasteiger partial charge on any atom is -0.323 e. The Labute approximate surface area is 192 Å². The summed E-state index contributed by atoms with van der Waals surface area (Å²) >= 11 is 1.40. The van der Waals surface area contributed by atoms with Crippen LogP contribution in [0.4, 0.5) is 11.4 Å². The van der Waals surface area contributed by atoms with Crippen molar-refractivity contribution in [3.05, 3.63) is 48.5 Å². The van der Waals surface area contributed by atoms with Gasteiger partial charge in [-0.3, -0.25) is 14.5 Å². The highest BCUT2D eigenvalue weighted by Crippen LogP contribution is 2.56. The lowest BCUT2D eigenvalue weighted by atomic mass is 10.0. The van der Waals surface area contributed by atoms with Gasteiger partial charge in [0.1, 0.15) is 0 Å². The molecule has 3 aliphatic heterocycles. The van der Waals surface area contributed by atoms with Gasteiger partial charge < -0.3 is 5.32 Å². The van der Waals surface area contributed by atoms with Crippen LogP contribution in [0.3, 0.4) is 0 Å². The molecule has 7 nitrogen and oxygen atoms in total. The van der Waals surface area contributed by atoms with Gasteiger partial charge in [-0.05, 0) is 61.6 Å². The molecule has 0 saturated carbocycles. The molecule has 5 rings (SSSR count). The lowest BCUT2D eigenvalue weighted by Crippen LogP contribution is -2.49. The first-order valence-corrected chi connectivity index (χ1v) is 13.1. The summed E-state index contributed by atoms with van der Waals surface area (Å²) in [6.45, 7) is 3.14. The van der Waals surface area contributed by atoms with E-state index in [1.165, 1.54) is 23.9 Å². The van der Waals surface area contributed by atoms with E-state index in [4.69, 9.17) is 0 Å². The molecule has 2 amide bonds. The van der Waals surface area contributed by atoms with Crippen molar-refractivity contribution in [1.29, 1.82) is 0 Å². The lowest BCUT2D eigenvalue weighted by Gasteiger charge is -2.30. The number of sulfonamides is 1. The first-order chi connectivity index (χ1) is 15.3. The summed E-state index contributed by atoms with van der Waals surface area (Å²) in [5.74, 6) is 0.0151. The van der Waals surface area contributed by atoms with Crippen LogP contribution < -0.4 is 10.2 Å². The second kappa shape index (κ2) is 7.90. The van der Waals surface area contributed by atoms with Crippen molar-refractivity contribution in [2.75, 3.05) is 23.3 Å². The molecule has 1 N–H and O–H groups in total. The Kier molecular flexibility index (Phi) is 5.30. The summed E-state index contributed by atoms with van der Waals surface area (Å²) in [4.78, 5) is 27.7. The molecule has 2 unspecified atom stereocenters. The number of nitrogens with one attached hydrogen (secondary N) is 1. The van der Waals surface area contributed by atoms with Gasteiger partial charge in [-0.25, -0.2) is 8.42 Å². The number of hydrogen-bond acceptors (Lipinski definition) is 5. The van der Waals surface area contributed by atoms with Crippen LogP contribution in [0.15, 0.2) is 58.3 Å². The van der Waals surface area contributed by atoms with Crippen LogP contribution in [0.5, 0.6) is 0 Å². The molecule has 168 valence electrons. The normalized spacial score (nSPS) is 25.5. The monoisotopic (exact) mass is 471 g/mol. The Morgan fingerprint density at radius 1 is 1.16 bits per heavy atom. The van der Waals surface area contributed by atoms with Gasteiger partial charge in [0.25, 0.3) is 5.91 Å². The van der Waals surface area contributed by atoms with Crippen molar-refractivity contribution in [1.82, 2.24) is 4.31 Å². The van der Waals surface area contributed by atoms with Crippen molar-refractivity contribution in [3.63, 3.8) is 0 Å². The average Bonchev–Trinajstić information content (AvgIpc) is 3.30. The highest BCUT2D eigenvalue weighted by Gasteiger charge is 2.57. The van der Waals surface area contributed by atoms with Gasteiger partial charge in [0.2, 0.25) is 15.9 Å². The number of nitrogens with zero attached hydrogens (tertiary/aromatic N) is 2. The minimum absolute atomic E-state index is 0.0604. The molecule has 0 spiro atoms. The highest BCUT2D eigenvalue weighted by molar-refractivity contribution is 8.02.